The van der Waals surface area contributed by atoms with E-state index in [1.54, 1.807) is 12.1 Å². The summed E-state index contributed by atoms with van der Waals surface area (Å²) in [4.78, 5) is 11.8. The molecule has 0 aliphatic heterocycles. The van der Waals surface area contributed by atoms with Gasteiger partial charge in [-0.3, -0.25) is 4.18 Å². The van der Waals surface area contributed by atoms with Gasteiger partial charge in [0.2, 0.25) is 0 Å². The molecule has 0 unspecified atom stereocenters. The van der Waals surface area contributed by atoms with Gasteiger partial charge in [-0.15, -0.1) is 0 Å². The second-order valence-electron chi connectivity index (χ2n) is 6.67. The lowest BCUT2D eigenvalue weighted by Gasteiger charge is -2.22. The fourth-order valence-corrected chi connectivity index (χ4v) is 2.30. The van der Waals surface area contributed by atoms with Crippen LogP contribution in [0.3, 0.4) is 0 Å². The number of carbonyl (C=O) groups excluding carboxylic acids is 1. The van der Waals surface area contributed by atoms with Crippen molar-refractivity contribution in [2.75, 3.05) is 19.5 Å². The zero-order valence-electron chi connectivity index (χ0n) is 15.4. The molecule has 0 heterocycles. The van der Waals surface area contributed by atoms with Gasteiger partial charge in [-0.1, -0.05) is 12.1 Å². The zero-order valence-corrected chi connectivity index (χ0v) is 16.2. The molecule has 1 atom stereocenters. The van der Waals surface area contributed by atoms with E-state index in [4.69, 9.17) is 9.47 Å². The summed E-state index contributed by atoms with van der Waals surface area (Å²) in [7, 11) is -3.41. The lowest BCUT2D eigenvalue weighted by atomic mass is 10.1. The molecule has 1 aromatic rings. The Balaban J connectivity index is 2.41. The summed E-state index contributed by atoms with van der Waals surface area (Å²) in [6.07, 6.45) is 1.01. The molecule has 7 nitrogen and oxygen atoms in total. The van der Waals surface area contributed by atoms with Crippen LogP contribution < -0.4 is 10.1 Å². The fraction of sp³-hybridized carbons (Fsp3) is 0.588. The molecule has 1 amide bonds. The number of hydrogen-bond acceptors (Lipinski definition) is 6. The molecule has 0 saturated heterocycles. The highest BCUT2D eigenvalue weighted by Crippen LogP contribution is 2.18. The molecule has 0 aliphatic carbocycles. The van der Waals surface area contributed by atoms with Crippen LogP contribution >= 0.6 is 0 Å². The minimum absolute atomic E-state index is 0.0910. The van der Waals surface area contributed by atoms with E-state index in [1.807, 2.05) is 39.8 Å². The molecule has 0 spiro atoms. The topological polar surface area (TPSA) is 90.9 Å². The lowest BCUT2D eigenvalue weighted by molar-refractivity contribution is 0.0508. The number of rotatable bonds is 8. The monoisotopic (exact) mass is 373 g/mol. The van der Waals surface area contributed by atoms with Crippen LogP contribution in [0.25, 0.3) is 0 Å². The van der Waals surface area contributed by atoms with Gasteiger partial charge in [-0.25, -0.2) is 4.79 Å². The maximum absolute atomic E-state index is 11.8. The zero-order chi connectivity index (χ0) is 19.1. The van der Waals surface area contributed by atoms with E-state index in [-0.39, 0.29) is 12.6 Å². The van der Waals surface area contributed by atoms with E-state index in [9.17, 15) is 13.2 Å². The first-order valence-electron chi connectivity index (χ1n) is 8.03. The van der Waals surface area contributed by atoms with Crippen LogP contribution in [-0.4, -0.2) is 39.6 Å². The van der Waals surface area contributed by atoms with Crippen molar-refractivity contribution in [3.63, 3.8) is 0 Å². The summed E-state index contributed by atoms with van der Waals surface area (Å²) in [5, 5.41) is 2.77. The van der Waals surface area contributed by atoms with Crippen LogP contribution in [0.15, 0.2) is 24.3 Å². The number of benzene rings is 1. The van der Waals surface area contributed by atoms with Crippen LogP contribution in [-0.2, 0) is 19.0 Å². The lowest BCUT2D eigenvalue weighted by Crippen LogP contribution is -2.34. The molecule has 0 aliphatic rings. The molecule has 0 bridgehead atoms. The molecule has 0 aromatic heterocycles. The van der Waals surface area contributed by atoms with Gasteiger partial charge in [0, 0.05) is 6.42 Å². The van der Waals surface area contributed by atoms with Gasteiger partial charge < -0.3 is 14.8 Å². The van der Waals surface area contributed by atoms with Crippen molar-refractivity contribution in [2.24, 2.45) is 0 Å². The maximum atomic E-state index is 11.8. The number of ether oxygens (including phenoxy) is 2. The molecule has 1 rings (SSSR count). The third-order valence-electron chi connectivity index (χ3n) is 2.97. The molecular formula is C17H27NO6S. The minimum atomic E-state index is -3.41. The molecule has 0 saturated carbocycles. The quantitative estimate of drug-likeness (QED) is 0.556. The van der Waals surface area contributed by atoms with Crippen molar-refractivity contribution in [3.8, 4) is 5.75 Å². The molecule has 8 heteroatoms. The predicted octanol–water partition coefficient (Wildman–Crippen LogP) is 3.02. The Hall–Kier alpha value is -1.80. The molecule has 142 valence electrons. The van der Waals surface area contributed by atoms with Crippen molar-refractivity contribution >= 4 is 16.2 Å². The predicted molar refractivity (Wildman–Crippen MR) is 95.1 cm³/mol. The Morgan fingerprint density at radius 2 is 1.76 bits per heavy atom. The maximum Gasteiger partial charge on any atom is 0.408 e. The van der Waals surface area contributed by atoms with Crippen molar-refractivity contribution < 1.29 is 26.9 Å². The Morgan fingerprint density at radius 3 is 2.28 bits per heavy atom. The average molecular weight is 373 g/mol. The summed E-state index contributed by atoms with van der Waals surface area (Å²) < 4.78 is 37.0. The van der Waals surface area contributed by atoms with Gasteiger partial charge in [0.25, 0.3) is 10.1 Å². The number of hydrogen-bond donors (Lipinski definition) is 1. The Kier molecular flexibility index (Phi) is 7.69. The van der Waals surface area contributed by atoms with Gasteiger partial charge in [0.1, 0.15) is 11.4 Å². The molecule has 1 aromatic carbocycles. The van der Waals surface area contributed by atoms with E-state index in [2.05, 4.69) is 9.50 Å². The van der Waals surface area contributed by atoms with E-state index in [0.29, 0.717) is 18.8 Å². The van der Waals surface area contributed by atoms with Crippen LogP contribution in [0.1, 0.15) is 45.7 Å². The van der Waals surface area contributed by atoms with Crippen molar-refractivity contribution in [1.82, 2.24) is 5.32 Å². The van der Waals surface area contributed by atoms with Gasteiger partial charge in [-0.2, -0.15) is 8.42 Å². The second-order valence-corrected chi connectivity index (χ2v) is 8.31. The van der Waals surface area contributed by atoms with Crippen LogP contribution in [0.4, 0.5) is 4.79 Å². The molecule has 1 N–H and O–H groups in total. The first kappa shape index (κ1) is 21.2. The Morgan fingerprint density at radius 1 is 1.16 bits per heavy atom. The largest absolute Gasteiger partial charge is 0.494 e. The highest BCUT2D eigenvalue weighted by molar-refractivity contribution is 7.85. The van der Waals surface area contributed by atoms with Crippen LogP contribution in [0, 0.1) is 0 Å². The first-order valence-corrected chi connectivity index (χ1v) is 9.84. The third kappa shape index (κ3) is 9.93. The van der Waals surface area contributed by atoms with Crippen LogP contribution in [0.5, 0.6) is 5.75 Å². The van der Waals surface area contributed by atoms with E-state index in [1.165, 1.54) is 0 Å². The standard InChI is InChI=1S/C17H27NO6S/c1-13(18-16(19)24-17(2,3)4)14-7-9-15(10-8-14)22-11-6-12-23-25(5,20)21/h7-10,13H,6,11-12H2,1-5H3,(H,18,19)/t13-/m1/s1. The summed E-state index contributed by atoms with van der Waals surface area (Å²) in [6, 6.07) is 7.08. The molecular weight excluding hydrogens is 346 g/mol. The Labute approximate surface area is 149 Å². The van der Waals surface area contributed by atoms with Gasteiger partial charge in [0.15, 0.2) is 0 Å². The van der Waals surface area contributed by atoms with E-state index in [0.717, 1.165) is 11.8 Å². The third-order valence-corrected chi connectivity index (χ3v) is 3.56. The summed E-state index contributed by atoms with van der Waals surface area (Å²) >= 11 is 0. The second kappa shape index (κ2) is 9.05. The van der Waals surface area contributed by atoms with Crippen molar-refractivity contribution in [1.29, 1.82) is 0 Å². The summed E-state index contributed by atoms with van der Waals surface area (Å²) in [6.45, 7) is 7.73. The highest BCUT2D eigenvalue weighted by Gasteiger charge is 2.18. The molecule has 0 radical (unpaired) electrons. The van der Waals surface area contributed by atoms with Crippen LogP contribution in [0.2, 0.25) is 0 Å². The molecule has 0 fully saturated rings. The van der Waals surface area contributed by atoms with Gasteiger partial charge >= 0.3 is 6.09 Å². The van der Waals surface area contributed by atoms with E-state index >= 15 is 0 Å². The fourth-order valence-electron chi connectivity index (χ4n) is 1.88. The van der Waals surface area contributed by atoms with Crippen molar-refractivity contribution in [3.05, 3.63) is 29.8 Å². The number of carbonyl (C=O) groups is 1. The van der Waals surface area contributed by atoms with Crippen molar-refractivity contribution in [2.45, 2.75) is 45.8 Å². The summed E-state index contributed by atoms with van der Waals surface area (Å²) in [5.41, 5.74) is 0.376. The summed E-state index contributed by atoms with van der Waals surface area (Å²) in [5.74, 6) is 0.660. The number of alkyl carbamates (subject to hydrolysis) is 1. The number of nitrogens with one attached hydrogen (secondary N) is 1. The highest BCUT2D eigenvalue weighted by atomic mass is 32.2. The van der Waals surface area contributed by atoms with Gasteiger partial charge in [0.05, 0.1) is 25.5 Å². The smallest absolute Gasteiger partial charge is 0.408 e. The number of amides is 1. The first-order chi connectivity index (χ1) is 11.5. The average Bonchev–Trinajstić information content (AvgIpc) is 2.44. The normalized spacial score (nSPS) is 13.2. The Bertz CT molecular complexity index is 649. The van der Waals surface area contributed by atoms with Gasteiger partial charge in [-0.05, 0) is 45.4 Å². The molecule has 25 heavy (non-hydrogen) atoms. The SMILES string of the molecule is C[C@@H](NC(=O)OC(C)(C)C)c1ccc(OCCCOS(C)(=O)=O)cc1. The van der Waals surface area contributed by atoms with E-state index < -0.39 is 21.8 Å². The minimum Gasteiger partial charge on any atom is -0.494 e.